The van der Waals surface area contributed by atoms with Gasteiger partial charge in [-0.15, -0.1) is 0 Å². The number of halogens is 6. The molecule has 19 heavy (non-hydrogen) atoms. The van der Waals surface area contributed by atoms with E-state index in [1.165, 1.54) is 0 Å². The number of alkyl halides is 6. The number of nitrogens with zero attached hydrogens (tertiary/aromatic N) is 1. The van der Waals surface area contributed by atoms with Crippen LogP contribution in [0.25, 0.3) is 0 Å². The summed E-state index contributed by atoms with van der Waals surface area (Å²) in [5, 5.41) is 7.54. The lowest BCUT2D eigenvalue weighted by Gasteiger charge is -2.10. The Labute approximate surface area is 121 Å². The van der Waals surface area contributed by atoms with E-state index in [1.807, 2.05) is 0 Å². The van der Waals surface area contributed by atoms with Crippen LogP contribution in [-0.4, -0.2) is 15.5 Å². The van der Waals surface area contributed by atoms with Crippen molar-refractivity contribution < 1.29 is 13.2 Å². The average molecular weight is 333 g/mol. The molecular formula is C10H7Cl3F3N3. The van der Waals surface area contributed by atoms with Gasteiger partial charge in [-0.05, 0) is 12.1 Å². The maximum atomic E-state index is 12.3. The van der Waals surface area contributed by atoms with Crippen LogP contribution >= 0.6 is 34.8 Å². The standard InChI is InChI=1S/C10H7Cl3F3N3/c11-9(12,13)8(18)19-7(17)5-1-3-6(4-2-5)10(14,15)16/h1-4H,(H3,17,18,19). The van der Waals surface area contributed by atoms with Crippen molar-refractivity contribution in [3.8, 4) is 0 Å². The van der Waals surface area contributed by atoms with Crippen LogP contribution in [0, 0.1) is 5.41 Å². The minimum absolute atomic E-state index is 0.116. The first-order valence-corrected chi connectivity index (χ1v) is 5.83. The highest BCUT2D eigenvalue weighted by atomic mass is 35.6. The maximum Gasteiger partial charge on any atom is 0.416 e. The van der Waals surface area contributed by atoms with Crippen LogP contribution in [0.1, 0.15) is 11.1 Å². The molecule has 0 fully saturated rings. The lowest BCUT2D eigenvalue weighted by atomic mass is 10.1. The normalized spacial score (nSPS) is 13.5. The highest BCUT2D eigenvalue weighted by Gasteiger charge is 2.30. The Morgan fingerprint density at radius 2 is 1.58 bits per heavy atom. The van der Waals surface area contributed by atoms with E-state index >= 15 is 0 Å². The number of rotatable bonds is 1. The summed E-state index contributed by atoms with van der Waals surface area (Å²) in [4.78, 5) is 3.51. The molecule has 0 bridgehead atoms. The minimum Gasteiger partial charge on any atom is -0.383 e. The van der Waals surface area contributed by atoms with Crippen molar-refractivity contribution in [2.24, 2.45) is 10.7 Å². The largest absolute Gasteiger partial charge is 0.416 e. The number of nitrogens with two attached hydrogens (primary N) is 1. The van der Waals surface area contributed by atoms with Gasteiger partial charge in [0.15, 0.2) is 11.7 Å². The Bertz CT molecular complexity index is 503. The van der Waals surface area contributed by atoms with Gasteiger partial charge in [-0.25, -0.2) is 4.99 Å². The predicted molar refractivity (Wildman–Crippen MR) is 70.2 cm³/mol. The summed E-state index contributed by atoms with van der Waals surface area (Å²) in [5.41, 5.74) is 4.61. The van der Waals surface area contributed by atoms with E-state index < -0.39 is 27.2 Å². The molecule has 1 rings (SSSR count). The Kier molecular flexibility index (Phi) is 4.71. The van der Waals surface area contributed by atoms with Crippen LogP contribution in [0.3, 0.4) is 0 Å². The molecule has 0 heterocycles. The molecule has 1 aromatic rings. The summed E-state index contributed by atoms with van der Waals surface area (Å²) in [6.45, 7) is 0. The SMILES string of the molecule is N=C(N=C(N)C(Cl)(Cl)Cl)c1ccc(C(F)(F)F)cc1. The van der Waals surface area contributed by atoms with Gasteiger partial charge in [-0.2, -0.15) is 13.2 Å². The summed E-state index contributed by atoms with van der Waals surface area (Å²) in [6, 6.07) is 3.82. The lowest BCUT2D eigenvalue weighted by molar-refractivity contribution is -0.137. The van der Waals surface area contributed by atoms with Gasteiger partial charge in [0.25, 0.3) is 0 Å². The van der Waals surface area contributed by atoms with Crippen LogP contribution in [0.4, 0.5) is 13.2 Å². The molecule has 104 valence electrons. The van der Waals surface area contributed by atoms with E-state index in [0.29, 0.717) is 0 Å². The molecule has 0 amide bonds. The molecule has 9 heteroatoms. The van der Waals surface area contributed by atoms with E-state index in [-0.39, 0.29) is 5.56 Å². The Morgan fingerprint density at radius 3 is 1.95 bits per heavy atom. The molecule has 1 aromatic carbocycles. The Hall–Kier alpha value is -0.980. The topological polar surface area (TPSA) is 62.2 Å². The third kappa shape index (κ3) is 4.56. The van der Waals surface area contributed by atoms with E-state index in [1.54, 1.807) is 0 Å². The van der Waals surface area contributed by atoms with E-state index in [9.17, 15) is 13.2 Å². The maximum absolute atomic E-state index is 12.3. The van der Waals surface area contributed by atoms with Crippen LogP contribution in [-0.2, 0) is 6.18 Å². The Morgan fingerprint density at radius 1 is 1.11 bits per heavy atom. The number of nitrogens with one attached hydrogen (secondary N) is 1. The second kappa shape index (κ2) is 5.56. The summed E-state index contributed by atoms with van der Waals surface area (Å²) in [7, 11) is 0. The van der Waals surface area contributed by atoms with Gasteiger partial charge in [0.2, 0.25) is 3.79 Å². The molecule has 0 spiro atoms. The highest BCUT2D eigenvalue weighted by Crippen LogP contribution is 2.29. The van der Waals surface area contributed by atoms with Crippen molar-refractivity contribution in [3.63, 3.8) is 0 Å². The molecule has 0 aliphatic heterocycles. The molecule has 0 radical (unpaired) electrons. The molecule has 0 aliphatic rings. The van der Waals surface area contributed by atoms with Gasteiger partial charge in [-0.1, -0.05) is 46.9 Å². The first-order chi connectivity index (χ1) is 8.51. The van der Waals surface area contributed by atoms with Crippen molar-refractivity contribution >= 4 is 46.5 Å². The van der Waals surface area contributed by atoms with Gasteiger partial charge in [-0.3, -0.25) is 5.41 Å². The van der Waals surface area contributed by atoms with Gasteiger partial charge in [0.1, 0.15) is 0 Å². The fourth-order valence-corrected chi connectivity index (χ4v) is 1.19. The van der Waals surface area contributed by atoms with Crippen LogP contribution in [0.2, 0.25) is 0 Å². The van der Waals surface area contributed by atoms with Gasteiger partial charge < -0.3 is 5.73 Å². The number of aliphatic imine (C=N–C) groups is 1. The highest BCUT2D eigenvalue weighted by molar-refractivity contribution is 6.76. The molecule has 0 aromatic heterocycles. The van der Waals surface area contributed by atoms with Crippen molar-refractivity contribution in [2.75, 3.05) is 0 Å². The zero-order chi connectivity index (χ0) is 14.8. The molecule has 0 atom stereocenters. The molecule has 0 saturated heterocycles. The summed E-state index contributed by atoms with van der Waals surface area (Å²) in [6.07, 6.45) is -4.44. The number of hydrogen-bond donors (Lipinski definition) is 2. The van der Waals surface area contributed by atoms with Gasteiger partial charge in [0.05, 0.1) is 5.56 Å². The molecule has 3 nitrogen and oxygen atoms in total. The quantitative estimate of drug-likeness (QED) is 0.459. The minimum atomic E-state index is -4.44. The number of hydrogen-bond acceptors (Lipinski definition) is 1. The van der Waals surface area contributed by atoms with E-state index in [0.717, 1.165) is 24.3 Å². The summed E-state index contributed by atoms with van der Waals surface area (Å²) < 4.78 is 35.0. The van der Waals surface area contributed by atoms with Crippen molar-refractivity contribution in [1.29, 1.82) is 5.41 Å². The molecule has 3 N–H and O–H groups in total. The molecule has 0 saturated carbocycles. The monoisotopic (exact) mass is 331 g/mol. The number of benzene rings is 1. The third-order valence-corrected chi connectivity index (χ3v) is 2.59. The fourth-order valence-electron chi connectivity index (χ4n) is 1.07. The van der Waals surface area contributed by atoms with Crippen molar-refractivity contribution in [1.82, 2.24) is 0 Å². The fraction of sp³-hybridized carbons (Fsp3) is 0.200. The van der Waals surface area contributed by atoms with E-state index in [2.05, 4.69) is 4.99 Å². The molecule has 0 aliphatic carbocycles. The zero-order valence-corrected chi connectivity index (χ0v) is 11.4. The molecule has 0 unspecified atom stereocenters. The average Bonchev–Trinajstić information content (AvgIpc) is 2.26. The summed E-state index contributed by atoms with van der Waals surface area (Å²) in [5.74, 6) is -0.847. The second-order valence-corrected chi connectivity index (χ2v) is 5.70. The predicted octanol–water partition coefficient (Wildman–Crippen LogP) is 3.76. The third-order valence-electron chi connectivity index (χ3n) is 2.01. The Balaban J connectivity index is 2.97. The van der Waals surface area contributed by atoms with Crippen LogP contribution < -0.4 is 5.73 Å². The second-order valence-electron chi connectivity index (χ2n) is 3.42. The van der Waals surface area contributed by atoms with Crippen molar-refractivity contribution in [2.45, 2.75) is 9.97 Å². The first-order valence-electron chi connectivity index (χ1n) is 4.69. The number of amidine groups is 2. The van der Waals surface area contributed by atoms with Crippen LogP contribution in [0.5, 0.6) is 0 Å². The smallest absolute Gasteiger partial charge is 0.383 e. The summed E-state index contributed by atoms with van der Waals surface area (Å²) >= 11 is 16.3. The van der Waals surface area contributed by atoms with Gasteiger partial charge in [0, 0.05) is 5.56 Å². The van der Waals surface area contributed by atoms with E-state index in [4.69, 9.17) is 45.9 Å². The van der Waals surface area contributed by atoms with Gasteiger partial charge >= 0.3 is 6.18 Å². The molecular weight excluding hydrogens is 325 g/mol. The van der Waals surface area contributed by atoms with Crippen LogP contribution in [0.15, 0.2) is 29.3 Å². The zero-order valence-electron chi connectivity index (χ0n) is 9.10. The van der Waals surface area contributed by atoms with Crippen molar-refractivity contribution in [3.05, 3.63) is 35.4 Å². The first kappa shape index (κ1) is 16.1. The lowest BCUT2D eigenvalue weighted by Crippen LogP contribution is -2.29.